The molecule has 1 heteroatoms. The van der Waals surface area contributed by atoms with Crippen molar-refractivity contribution in [2.45, 2.75) is 6.42 Å². The standard InChI is InChI=1S/C10H9Cl/c11-7-9-6-5-8-3-1-2-4-10(8)9/h1-4,6H,5,7H2. The Kier molecular flexibility index (Phi) is 1.71. The molecule has 1 aliphatic rings. The van der Waals surface area contributed by atoms with E-state index in [1.807, 2.05) is 0 Å². The van der Waals surface area contributed by atoms with Crippen molar-refractivity contribution in [2.75, 3.05) is 5.88 Å². The summed E-state index contributed by atoms with van der Waals surface area (Å²) in [5.74, 6) is 0.636. The second-order valence-electron chi connectivity index (χ2n) is 2.72. The van der Waals surface area contributed by atoms with E-state index in [2.05, 4.69) is 30.3 Å². The van der Waals surface area contributed by atoms with E-state index in [1.165, 1.54) is 16.7 Å². The van der Waals surface area contributed by atoms with Crippen LogP contribution in [0.2, 0.25) is 0 Å². The number of halogens is 1. The van der Waals surface area contributed by atoms with Gasteiger partial charge in [-0.2, -0.15) is 0 Å². The van der Waals surface area contributed by atoms with Crippen LogP contribution in [0.15, 0.2) is 30.3 Å². The first-order valence-electron chi connectivity index (χ1n) is 3.75. The van der Waals surface area contributed by atoms with E-state index in [1.54, 1.807) is 0 Å². The van der Waals surface area contributed by atoms with Crippen molar-refractivity contribution in [1.29, 1.82) is 0 Å². The fourth-order valence-electron chi connectivity index (χ4n) is 1.48. The van der Waals surface area contributed by atoms with Crippen LogP contribution < -0.4 is 0 Å². The largest absolute Gasteiger partial charge is 0.122 e. The van der Waals surface area contributed by atoms with Gasteiger partial charge in [0.05, 0.1) is 0 Å². The van der Waals surface area contributed by atoms with E-state index in [9.17, 15) is 0 Å². The van der Waals surface area contributed by atoms with Crippen LogP contribution >= 0.6 is 11.6 Å². The highest BCUT2D eigenvalue weighted by atomic mass is 35.5. The third-order valence-electron chi connectivity index (χ3n) is 2.08. The molecule has 0 saturated carbocycles. The second-order valence-corrected chi connectivity index (χ2v) is 2.99. The minimum Gasteiger partial charge on any atom is -0.122 e. The highest BCUT2D eigenvalue weighted by Gasteiger charge is 2.10. The molecule has 0 N–H and O–H groups in total. The van der Waals surface area contributed by atoms with Gasteiger partial charge in [-0.3, -0.25) is 0 Å². The summed E-state index contributed by atoms with van der Waals surface area (Å²) in [4.78, 5) is 0. The molecule has 1 aromatic carbocycles. The van der Waals surface area contributed by atoms with Crippen LogP contribution in [-0.4, -0.2) is 5.88 Å². The zero-order valence-electron chi connectivity index (χ0n) is 6.18. The van der Waals surface area contributed by atoms with Gasteiger partial charge in [0.2, 0.25) is 0 Å². The Bertz CT molecular complexity index is 299. The maximum Gasteiger partial charge on any atom is 0.0477 e. The Balaban J connectivity index is 2.48. The van der Waals surface area contributed by atoms with Crippen molar-refractivity contribution < 1.29 is 0 Å². The maximum absolute atomic E-state index is 5.77. The highest BCUT2D eigenvalue weighted by molar-refractivity contribution is 6.23. The number of fused-ring (bicyclic) bond motifs is 1. The average Bonchev–Trinajstić information content (AvgIpc) is 2.47. The second kappa shape index (κ2) is 2.71. The van der Waals surface area contributed by atoms with Crippen LogP contribution in [0.25, 0.3) is 5.57 Å². The summed E-state index contributed by atoms with van der Waals surface area (Å²) >= 11 is 5.77. The maximum atomic E-state index is 5.77. The molecule has 1 aromatic rings. The van der Waals surface area contributed by atoms with Crippen molar-refractivity contribution in [2.24, 2.45) is 0 Å². The fourth-order valence-corrected chi connectivity index (χ4v) is 1.73. The average molecular weight is 165 g/mol. The van der Waals surface area contributed by atoms with Gasteiger partial charge in [0.1, 0.15) is 0 Å². The lowest BCUT2D eigenvalue weighted by Crippen LogP contribution is -1.83. The third kappa shape index (κ3) is 1.08. The molecule has 0 radical (unpaired) electrons. The van der Waals surface area contributed by atoms with Crippen molar-refractivity contribution in [1.82, 2.24) is 0 Å². The lowest BCUT2D eigenvalue weighted by molar-refractivity contribution is 1.31. The number of benzene rings is 1. The molecular formula is C10H9Cl. The zero-order chi connectivity index (χ0) is 7.68. The summed E-state index contributed by atoms with van der Waals surface area (Å²) in [5, 5.41) is 0. The molecule has 0 aliphatic heterocycles. The number of rotatable bonds is 1. The molecule has 0 aromatic heterocycles. The highest BCUT2D eigenvalue weighted by Crippen LogP contribution is 2.27. The Hall–Kier alpha value is -0.750. The van der Waals surface area contributed by atoms with Crippen molar-refractivity contribution in [3.8, 4) is 0 Å². The van der Waals surface area contributed by atoms with Gasteiger partial charge in [0.15, 0.2) is 0 Å². The lowest BCUT2D eigenvalue weighted by atomic mass is 10.1. The molecule has 2 rings (SSSR count). The molecule has 1 aliphatic carbocycles. The van der Waals surface area contributed by atoms with E-state index in [-0.39, 0.29) is 0 Å². The summed E-state index contributed by atoms with van der Waals surface area (Å²) in [6.07, 6.45) is 3.26. The quantitative estimate of drug-likeness (QED) is 0.560. The van der Waals surface area contributed by atoms with Gasteiger partial charge >= 0.3 is 0 Å². The minimum absolute atomic E-state index is 0.636. The Labute approximate surface area is 71.5 Å². The molecule has 0 unspecified atom stereocenters. The Morgan fingerprint density at radius 3 is 2.91 bits per heavy atom. The molecule has 0 nitrogen and oxygen atoms in total. The normalized spacial score (nSPS) is 14.5. The molecule has 0 amide bonds. The predicted molar refractivity (Wildman–Crippen MR) is 48.8 cm³/mol. The minimum atomic E-state index is 0.636. The van der Waals surface area contributed by atoms with Crippen molar-refractivity contribution in [3.05, 3.63) is 41.5 Å². The zero-order valence-corrected chi connectivity index (χ0v) is 6.93. The van der Waals surface area contributed by atoms with E-state index in [0.29, 0.717) is 5.88 Å². The van der Waals surface area contributed by atoms with Crippen LogP contribution in [0.1, 0.15) is 11.1 Å². The fraction of sp³-hybridized carbons (Fsp3) is 0.200. The van der Waals surface area contributed by atoms with Gasteiger partial charge in [0, 0.05) is 5.88 Å². The molecule has 56 valence electrons. The summed E-state index contributed by atoms with van der Waals surface area (Å²) < 4.78 is 0. The SMILES string of the molecule is ClCC1=CCc2ccccc21. The Morgan fingerprint density at radius 1 is 1.27 bits per heavy atom. The smallest absolute Gasteiger partial charge is 0.0477 e. The first kappa shape index (κ1) is 6.93. The Morgan fingerprint density at radius 2 is 2.09 bits per heavy atom. The number of alkyl halides is 1. The molecule has 11 heavy (non-hydrogen) atoms. The van der Waals surface area contributed by atoms with E-state index >= 15 is 0 Å². The first-order valence-corrected chi connectivity index (χ1v) is 4.28. The van der Waals surface area contributed by atoms with Crippen LogP contribution in [0, 0.1) is 0 Å². The van der Waals surface area contributed by atoms with Crippen LogP contribution in [-0.2, 0) is 6.42 Å². The van der Waals surface area contributed by atoms with Crippen LogP contribution in [0.4, 0.5) is 0 Å². The van der Waals surface area contributed by atoms with Gasteiger partial charge in [-0.05, 0) is 23.1 Å². The first-order chi connectivity index (χ1) is 5.42. The molecule has 0 spiro atoms. The molecule has 0 atom stereocenters. The van der Waals surface area contributed by atoms with Crippen LogP contribution in [0.5, 0.6) is 0 Å². The van der Waals surface area contributed by atoms with E-state index in [0.717, 1.165) is 6.42 Å². The van der Waals surface area contributed by atoms with Gasteiger partial charge < -0.3 is 0 Å². The molecule has 0 saturated heterocycles. The third-order valence-corrected chi connectivity index (χ3v) is 2.36. The van der Waals surface area contributed by atoms with Gasteiger partial charge in [0.25, 0.3) is 0 Å². The predicted octanol–water partition coefficient (Wildman–Crippen LogP) is 2.86. The number of hydrogen-bond donors (Lipinski definition) is 0. The van der Waals surface area contributed by atoms with E-state index < -0.39 is 0 Å². The lowest BCUT2D eigenvalue weighted by Gasteiger charge is -1.99. The van der Waals surface area contributed by atoms with Gasteiger partial charge in [-0.15, -0.1) is 11.6 Å². The van der Waals surface area contributed by atoms with Crippen molar-refractivity contribution >= 4 is 17.2 Å². The molecule has 0 fully saturated rings. The topological polar surface area (TPSA) is 0 Å². The van der Waals surface area contributed by atoms with Crippen LogP contribution in [0.3, 0.4) is 0 Å². The number of allylic oxidation sites excluding steroid dienone is 2. The number of hydrogen-bond acceptors (Lipinski definition) is 0. The molecule has 0 bridgehead atoms. The summed E-state index contributed by atoms with van der Waals surface area (Å²) in [7, 11) is 0. The van der Waals surface area contributed by atoms with Crippen molar-refractivity contribution in [3.63, 3.8) is 0 Å². The summed E-state index contributed by atoms with van der Waals surface area (Å²) in [5.41, 5.74) is 4.02. The van der Waals surface area contributed by atoms with E-state index in [4.69, 9.17) is 11.6 Å². The summed E-state index contributed by atoms with van der Waals surface area (Å²) in [6.45, 7) is 0. The molecule has 0 heterocycles. The van der Waals surface area contributed by atoms with Gasteiger partial charge in [-0.25, -0.2) is 0 Å². The monoisotopic (exact) mass is 164 g/mol. The summed E-state index contributed by atoms with van der Waals surface area (Å²) in [6, 6.07) is 8.43. The van der Waals surface area contributed by atoms with Gasteiger partial charge in [-0.1, -0.05) is 30.3 Å². The molecular weight excluding hydrogens is 156 g/mol.